The van der Waals surface area contributed by atoms with Gasteiger partial charge in [0.1, 0.15) is 23.0 Å². The molecule has 29 heavy (non-hydrogen) atoms. The summed E-state index contributed by atoms with van der Waals surface area (Å²) in [5, 5.41) is 0. The fourth-order valence-corrected chi connectivity index (χ4v) is 3.22. The fraction of sp³-hybridized carbons (Fsp3) is 0.400. The number of rotatable bonds is 3. The van der Waals surface area contributed by atoms with E-state index in [1.807, 2.05) is 13.8 Å². The van der Waals surface area contributed by atoms with Crippen molar-refractivity contribution in [2.45, 2.75) is 38.6 Å². The molecule has 3 aromatic heterocycles. The minimum atomic E-state index is -0.458. The monoisotopic (exact) mass is 399 g/mol. The Morgan fingerprint density at radius 1 is 1.14 bits per heavy atom. The van der Waals surface area contributed by atoms with Gasteiger partial charge in [0.2, 0.25) is 5.91 Å². The molecule has 0 bridgehead atoms. The predicted molar refractivity (Wildman–Crippen MR) is 109 cm³/mol. The third-order valence-electron chi connectivity index (χ3n) is 5.13. The number of halogens is 1. The van der Waals surface area contributed by atoms with Crippen LogP contribution in [0.3, 0.4) is 0 Å². The van der Waals surface area contributed by atoms with E-state index in [9.17, 15) is 9.18 Å². The number of imidazole rings is 1. The Morgan fingerprint density at radius 3 is 2.52 bits per heavy atom. The number of nitrogen functional groups attached to an aromatic ring is 1. The maximum Gasteiger partial charge on any atom is 0.237 e. The van der Waals surface area contributed by atoms with Crippen molar-refractivity contribution in [2.75, 3.05) is 18.8 Å². The van der Waals surface area contributed by atoms with Crippen LogP contribution in [0, 0.1) is 5.82 Å². The molecule has 8 nitrogen and oxygen atoms in total. The molecule has 0 radical (unpaired) electrons. The van der Waals surface area contributed by atoms with Crippen LogP contribution >= 0.6 is 0 Å². The van der Waals surface area contributed by atoms with Crippen LogP contribution in [0.25, 0.3) is 17.2 Å². The highest BCUT2D eigenvalue weighted by molar-refractivity contribution is 5.83. The third kappa shape index (κ3) is 4.68. The van der Waals surface area contributed by atoms with E-state index in [1.165, 1.54) is 31.5 Å². The summed E-state index contributed by atoms with van der Waals surface area (Å²) in [7, 11) is 0. The van der Waals surface area contributed by atoms with E-state index in [2.05, 4.69) is 19.9 Å². The summed E-state index contributed by atoms with van der Waals surface area (Å²) in [6.07, 6.45) is 8.14. The molecule has 154 valence electrons. The summed E-state index contributed by atoms with van der Waals surface area (Å²) >= 11 is 0. The van der Waals surface area contributed by atoms with E-state index in [4.69, 9.17) is 11.5 Å². The van der Waals surface area contributed by atoms with E-state index in [-0.39, 0.29) is 11.7 Å². The number of likely N-dealkylation sites (tertiary alicyclic amines) is 1. The number of nitrogens with two attached hydrogens (primary N) is 2. The average Bonchev–Trinajstić information content (AvgIpc) is 3.12. The Balaban J connectivity index is 0.000000177. The lowest BCUT2D eigenvalue weighted by Gasteiger charge is -2.38. The molecule has 4 N–H and O–H groups in total. The number of anilines is 1. The van der Waals surface area contributed by atoms with Gasteiger partial charge in [-0.15, -0.1) is 0 Å². The number of nitrogens with zero attached hydrogens (tertiary/aromatic N) is 5. The first-order valence-electron chi connectivity index (χ1n) is 9.55. The molecule has 1 amide bonds. The molecule has 1 saturated heterocycles. The molecule has 3 aromatic rings. The van der Waals surface area contributed by atoms with Gasteiger partial charge in [0, 0.05) is 12.4 Å². The molecular weight excluding hydrogens is 373 g/mol. The number of hydrogen-bond acceptors (Lipinski definition) is 6. The molecule has 4 heterocycles. The lowest BCUT2D eigenvalue weighted by Crippen LogP contribution is -2.54. The van der Waals surface area contributed by atoms with Crippen LogP contribution in [0.2, 0.25) is 0 Å². The standard InChI is InChI=1S/C11H8FN5.C9H18N2O/c12-7-1-2-10-15-5-8(17(10)6-7)11-14-4-3-9(13)16-11;1-9(2,8(10)12)11-6-4-3-5-7-11/h1-6H,(H2,13,14,16);3-7H2,1-2H3,(H2,10,12). The van der Waals surface area contributed by atoms with Crippen molar-refractivity contribution in [1.29, 1.82) is 0 Å². The van der Waals surface area contributed by atoms with Crippen LogP contribution < -0.4 is 11.5 Å². The van der Waals surface area contributed by atoms with E-state index >= 15 is 0 Å². The molecular formula is C20H26FN7O. The van der Waals surface area contributed by atoms with E-state index in [1.54, 1.807) is 28.9 Å². The van der Waals surface area contributed by atoms with Gasteiger partial charge in [-0.2, -0.15) is 0 Å². The van der Waals surface area contributed by atoms with E-state index < -0.39 is 5.54 Å². The molecule has 9 heteroatoms. The summed E-state index contributed by atoms with van der Waals surface area (Å²) in [5.74, 6) is 0.217. The van der Waals surface area contributed by atoms with Crippen LogP contribution in [-0.4, -0.2) is 48.8 Å². The summed E-state index contributed by atoms with van der Waals surface area (Å²) in [4.78, 5) is 25.6. The lowest BCUT2D eigenvalue weighted by molar-refractivity contribution is -0.128. The highest BCUT2D eigenvalue weighted by Gasteiger charge is 2.32. The minimum Gasteiger partial charge on any atom is -0.384 e. The van der Waals surface area contributed by atoms with Crippen LogP contribution in [0.4, 0.5) is 10.2 Å². The van der Waals surface area contributed by atoms with Gasteiger partial charge in [0.25, 0.3) is 0 Å². The third-order valence-corrected chi connectivity index (χ3v) is 5.13. The normalized spacial score (nSPS) is 15.0. The number of carbonyl (C=O) groups excluding carboxylic acids is 1. The first-order valence-corrected chi connectivity index (χ1v) is 9.55. The number of aromatic nitrogens is 4. The van der Waals surface area contributed by atoms with Crippen LogP contribution in [-0.2, 0) is 4.79 Å². The number of hydrogen-bond donors (Lipinski definition) is 2. The van der Waals surface area contributed by atoms with Crippen molar-refractivity contribution in [2.24, 2.45) is 5.73 Å². The minimum absolute atomic E-state index is 0.218. The number of carbonyl (C=O) groups is 1. The zero-order valence-electron chi connectivity index (χ0n) is 16.7. The maximum atomic E-state index is 13.2. The van der Waals surface area contributed by atoms with E-state index in [0.29, 0.717) is 23.0 Å². The first-order chi connectivity index (χ1) is 13.8. The van der Waals surface area contributed by atoms with Gasteiger partial charge in [0.15, 0.2) is 5.82 Å². The highest BCUT2D eigenvalue weighted by Crippen LogP contribution is 2.20. The Hall–Kier alpha value is -3.07. The smallest absolute Gasteiger partial charge is 0.237 e. The zero-order valence-corrected chi connectivity index (χ0v) is 16.7. The van der Waals surface area contributed by atoms with Crippen LogP contribution in [0.15, 0.2) is 36.8 Å². The van der Waals surface area contributed by atoms with Crippen molar-refractivity contribution >= 4 is 17.4 Å². The van der Waals surface area contributed by atoms with Crippen LogP contribution in [0.5, 0.6) is 0 Å². The van der Waals surface area contributed by atoms with Crippen molar-refractivity contribution in [1.82, 2.24) is 24.3 Å². The van der Waals surface area contributed by atoms with Gasteiger partial charge in [-0.05, 0) is 58.0 Å². The van der Waals surface area contributed by atoms with Crippen LogP contribution in [0.1, 0.15) is 33.1 Å². The van der Waals surface area contributed by atoms with Crippen molar-refractivity contribution < 1.29 is 9.18 Å². The van der Waals surface area contributed by atoms with E-state index in [0.717, 1.165) is 13.1 Å². The molecule has 4 rings (SSSR count). The van der Waals surface area contributed by atoms with Gasteiger partial charge < -0.3 is 11.5 Å². The molecule has 1 fully saturated rings. The Morgan fingerprint density at radius 2 is 1.86 bits per heavy atom. The predicted octanol–water partition coefficient (Wildman–Crippen LogP) is 2.25. The maximum absolute atomic E-state index is 13.2. The number of primary amides is 1. The second kappa shape index (κ2) is 8.52. The molecule has 0 aromatic carbocycles. The molecule has 0 unspecified atom stereocenters. The lowest BCUT2D eigenvalue weighted by atomic mass is 9.98. The Kier molecular flexibility index (Phi) is 6.07. The zero-order chi connectivity index (χ0) is 21.0. The second-order valence-electron chi connectivity index (χ2n) is 7.50. The molecule has 0 aliphatic carbocycles. The summed E-state index contributed by atoms with van der Waals surface area (Å²) in [5.41, 5.74) is 11.7. The second-order valence-corrected chi connectivity index (χ2v) is 7.50. The van der Waals surface area contributed by atoms with Crippen molar-refractivity contribution in [3.63, 3.8) is 0 Å². The van der Waals surface area contributed by atoms with Gasteiger partial charge in [-0.1, -0.05) is 6.42 Å². The largest absolute Gasteiger partial charge is 0.384 e. The quantitative estimate of drug-likeness (QED) is 0.698. The fourth-order valence-electron chi connectivity index (χ4n) is 3.22. The topological polar surface area (TPSA) is 115 Å². The van der Waals surface area contributed by atoms with Crippen molar-refractivity contribution in [3.8, 4) is 11.5 Å². The first kappa shape index (κ1) is 20.7. The van der Waals surface area contributed by atoms with Gasteiger partial charge in [0.05, 0.1) is 11.7 Å². The number of amides is 1. The molecule has 0 spiro atoms. The van der Waals surface area contributed by atoms with Crippen molar-refractivity contribution in [3.05, 3.63) is 42.6 Å². The molecule has 1 aliphatic heterocycles. The Labute approximate surface area is 168 Å². The Bertz CT molecular complexity index is 995. The SMILES string of the molecule is CC(C)(C(N)=O)N1CCCCC1.Nc1ccnc(-c2cnc3ccc(F)cn23)n1. The average molecular weight is 399 g/mol. The van der Waals surface area contributed by atoms with Gasteiger partial charge in [-0.25, -0.2) is 19.3 Å². The van der Waals surface area contributed by atoms with Gasteiger partial charge >= 0.3 is 0 Å². The molecule has 1 aliphatic rings. The summed E-state index contributed by atoms with van der Waals surface area (Å²) < 4.78 is 14.8. The number of fused-ring (bicyclic) bond motifs is 1. The summed E-state index contributed by atoms with van der Waals surface area (Å²) in [6, 6.07) is 4.53. The summed E-state index contributed by atoms with van der Waals surface area (Å²) in [6.45, 7) is 5.83. The molecule has 0 saturated carbocycles. The van der Waals surface area contributed by atoms with Gasteiger partial charge in [-0.3, -0.25) is 14.1 Å². The highest BCUT2D eigenvalue weighted by atomic mass is 19.1. The number of piperidine rings is 1. The molecule has 0 atom stereocenters. The number of pyridine rings is 1.